The lowest BCUT2D eigenvalue weighted by Crippen LogP contribution is -2.47. The smallest absolute Gasteiger partial charge is 0.225 e. The lowest BCUT2D eigenvalue weighted by Gasteiger charge is -2.38. The molecule has 0 aliphatic carbocycles. The van der Waals surface area contributed by atoms with Gasteiger partial charge in [-0.25, -0.2) is 0 Å². The van der Waals surface area contributed by atoms with Gasteiger partial charge in [0, 0.05) is 26.6 Å². The highest BCUT2D eigenvalue weighted by atomic mass is 16.5. The standard InChI is InChI=1S/C19H29N3O3/c1-4-11-20-12-13-21-19(24)16-9-10-17(23)22(2)18(16)14-5-7-15(25-3)8-6-14/h5-8,16,18,20H,4,9-13H2,1-3H3,(H,21,24). The highest BCUT2D eigenvalue weighted by Gasteiger charge is 2.38. The van der Waals surface area contributed by atoms with Gasteiger partial charge in [0.1, 0.15) is 5.75 Å². The Balaban J connectivity index is 2.07. The summed E-state index contributed by atoms with van der Waals surface area (Å²) in [7, 11) is 3.40. The Morgan fingerprint density at radius 1 is 1.24 bits per heavy atom. The molecular formula is C19H29N3O3. The molecule has 6 nitrogen and oxygen atoms in total. The monoisotopic (exact) mass is 347 g/mol. The highest BCUT2D eigenvalue weighted by molar-refractivity contribution is 5.84. The second kappa shape index (κ2) is 9.42. The molecule has 2 unspecified atom stereocenters. The van der Waals surface area contributed by atoms with Crippen LogP contribution in [0.1, 0.15) is 37.8 Å². The van der Waals surface area contributed by atoms with E-state index < -0.39 is 0 Å². The van der Waals surface area contributed by atoms with Crippen LogP contribution in [0.2, 0.25) is 0 Å². The van der Waals surface area contributed by atoms with Gasteiger partial charge in [-0.15, -0.1) is 0 Å². The van der Waals surface area contributed by atoms with Gasteiger partial charge in [0.05, 0.1) is 19.1 Å². The van der Waals surface area contributed by atoms with E-state index in [1.54, 1.807) is 19.1 Å². The molecule has 2 N–H and O–H groups in total. The van der Waals surface area contributed by atoms with Crippen LogP contribution in [0.15, 0.2) is 24.3 Å². The van der Waals surface area contributed by atoms with E-state index in [9.17, 15) is 9.59 Å². The molecule has 1 saturated heterocycles. The number of hydrogen-bond donors (Lipinski definition) is 2. The van der Waals surface area contributed by atoms with Crippen molar-refractivity contribution < 1.29 is 14.3 Å². The van der Waals surface area contributed by atoms with Gasteiger partial charge in [-0.3, -0.25) is 9.59 Å². The van der Waals surface area contributed by atoms with Crippen molar-refractivity contribution >= 4 is 11.8 Å². The summed E-state index contributed by atoms with van der Waals surface area (Å²) in [5.74, 6) is 0.617. The zero-order chi connectivity index (χ0) is 18.2. The van der Waals surface area contributed by atoms with Crippen LogP contribution in [0.25, 0.3) is 0 Å². The van der Waals surface area contributed by atoms with Gasteiger partial charge in [-0.05, 0) is 37.1 Å². The van der Waals surface area contributed by atoms with Crippen molar-refractivity contribution in [2.75, 3.05) is 33.8 Å². The second-order valence-electron chi connectivity index (χ2n) is 6.41. The predicted octanol–water partition coefficient (Wildman–Crippen LogP) is 1.72. The Kier molecular flexibility index (Phi) is 7.25. The van der Waals surface area contributed by atoms with Crippen molar-refractivity contribution in [3.8, 4) is 5.75 Å². The summed E-state index contributed by atoms with van der Waals surface area (Å²) in [6.45, 7) is 4.42. The molecule has 138 valence electrons. The van der Waals surface area contributed by atoms with Crippen LogP contribution >= 0.6 is 0 Å². The summed E-state index contributed by atoms with van der Waals surface area (Å²) >= 11 is 0. The van der Waals surface area contributed by atoms with E-state index in [-0.39, 0.29) is 23.8 Å². The van der Waals surface area contributed by atoms with Crippen molar-refractivity contribution in [2.24, 2.45) is 5.92 Å². The molecular weight excluding hydrogens is 318 g/mol. The zero-order valence-electron chi connectivity index (χ0n) is 15.4. The van der Waals surface area contributed by atoms with E-state index in [1.165, 1.54) is 0 Å². The maximum atomic E-state index is 12.7. The first kappa shape index (κ1) is 19.2. The first-order valence-corrected chi connectivity index (χ1v) is 8.96. The first-order chi connectivity index (χ1) is 12.1. The number of benzene rings is 1. The molecule has 1 aliphatic heterocycles. The number of nitrogens with one attached hydrogen (secondary N) is 2. The van der Waals surface area contributed by atoms with Crippen LogP contribution in [-0.4, -0.2) is 50.5 Å². The van der Waals surface area contributed by atoms with E-state index in [0.717, 1.165) is 30.8 Å². The van der Waals surface area contributed by atoms with Crippen LogP contribution in [-0.2, 0) is 9.59 Å². The normalized spacial score (nSPS) is 20.4. The largest absolute Gasteiger partial charge is 0.497 e. The van der Waals surface area contributed by atoms with Gasteiger partial charge in [0.2, 0.25) is 11.8 Å². The molecule has 0 radical (unpaired) electrons. The number of methoxy groups -OCH3 is 1. The minimum absolute atomic E-state index is 0.0125. The summed E-state index contributed by atoms with van der Waals surface area (Å²) in [6.07, 6.45) is 2.06. The van der Waals surface area contributed by atoms with Crippen molar-refractivity contribution in [2.45, 2.75) is 32.2 Å². The predicted molar refractivity (Wildman–Crippen MR) is 97.4 cm³/mol. The second-order valence-corrected chi connectivity index (χ2v) is 6.41. The lowest BCUT2D eigenvalue weighted by atomic mass is 9.84. The number of carbonyl (C=O) groups is 2. The van der Waals surface area contributed by atoms with Crippen molar-refractivity contribution in [1.82, 2.24) is 15.5 Å². The van der Waals surface area contributed by atoms with Crippen LogP contribution in [0.5, 0.6) is 5.75 Å². The Hall–Kier alpha value is -2.08. The molecule has 0 saturated carbocycles. The van der Waals surface area contributed by atoms with Gasteiger partial charge in [0.15, 0.2) is 0 Å². The molecule has 2 amide bonds. The van der Waals surface area contributed by atoms with Crippen molar-refractivity contribution in [3.63, 3.8) is 0 Å². The molecule has 1 aliphatic rings. The molecule has 6 heteroatoms. The van der Waals surface area contributed by atoms with Crippen molar-refractivity contribution in [1.29, 1.82) is 0 Å². The summed E-state index contributed by atoms with van der Waals surface area (Å²) in [5.41, 5.74) is 0.959. The Morgan fingerprint density at radius 2 is 1.96 bits per heavy atom. The number of hydrogen-bond acceptors (Lipinski definition) is 4. The molecule has 25 heavy (non-hydrogen) atoms. The summed E-state index contributed by atoms with van der Waals surface area (Å²) in [6, 6.07) is 7.36. The fraction of sp³-hybridized carbons (Fsp3) is 0.579. The third kappa shape index (κ3) is 4.95. The van der Waals surface area contributed by atoms with E-state index in [1.807, 2.05) is 24.3 Å². The molecule has 1 fully saturated rings. The average molecular weight is 347 g/mol. The Bertz CT molecular complexity index is 574. The number of carbonyl (C=O) groups excluding carboxylic acids is 2. The summed E-state index contributed by atoms with van der Waals surface area (Å²) in [5, 5.41) is 6.28. The van der Waals surface area contributed by atoms with Crippen LogP contribution in [0, 0.1) is 5.92 Å². The van der Waals surface area contributed by atoms with Crippen LogP contribution in [0.3, 0.4) is 0 Å². The maximum absolute atomic E-state index is 12.7. The van der Waals surface area contributed by atoms with E-state index in [0.29, 0.717) is 19.4 Å². The number of amides is 2. The van der Waals surface area contributed by atoms with Gasteiger partial charge >= 0.3 is 0 Å². The van der Waals surface area contributed by atoms with E-state index in [2.05, 4.69) is 17.6 Å². The molecule has 0 bridgehead atoms. The highest BCUT2D eigenvalue weighted by Crippen LogP contribution is 2.36. The first-order valence-electron chi connectivity index (χ1n) is 8.96. The fourth-order valence-corrected chi connectivity index (χ4v) is 3.28. The third-order valence-corrected chi connectivity index (χ3v) is 4.68. The molecule has 1 heterocycles. The average Bonchev–Trinajstić information content (AvgIpc) is 2.63. The third-order valence-electron chi connectivity index (χ3n) is 4.68. The molecule has 1 aromatic carbocycles. The summed E-state index contributed by atoms with van der Waals surface area (Å²) in [4.78, 5) is 26.5. The number of nitrogens with zero attached hydrogens (tertiary/aromatic N) is 1. The topological polar surface area (TPSA) is 70.7 Å². The maximum Gasteiger partial charge on any atom is 0.225 e. The van der Waals surface area contributed by atoms with Gasteiger partial charge in [0.25, 0.3) is 0 Å². The minimum atomic E-state index is -0.240. The molecule has 0 spiro atoms. The SMILES string of the molecule is CCCNCCNC(=O)C1CCC(=O)N(C)C1c1ccc(OC)cc1. The van der Waals surface area contributed by atoms with Gasteiger partial charge in [-0.1, -0.05) is 19.1 Å². The Labute approximate surface area is 149 Å². The summed E-state index contributed by atoms with van der Waals surface area (Å²) < 4.78 is 5.20. The Morgan fingerprint density at radius 3 is 2.60 bits per heavy atom. The van der Waals surface area contributed by atoms with Crippen molar-refractivity contribution in [3.05, 3.63) is 29.8 Å². The van der Waals surface area contributed by atoms with Gasteiger partial charge in [-0.2, -0.15) is 0 Å². The lowest BCUT2D eigenvalue weighted by molar-refractivity contribution is -0.141. The fourth-order valence-electron chi connectivity index (χ4n) is 3.28. The van der Waals surface area contributed by atoms with E-state index >= 15 is 0 Å². The molecule has 1 aromatic rings. The zero-order valence-corrected chi connectivity index (χ0v) is 15.4. The van der Waals surface area contributed by atoms with E-state index in [4.69, 9.17) is 4.74 Å². The number of likely N-dealkylation sites (tertiary alicyclic amines) is 1. The minimum Gasteiger partial charge on any atom is -0.497 e. The van der Waals surface area contributed by atoms with Crippen LogP contribution < -0.4 is 15.4 Å². The number of piperidine rings is 1. The number of rotatable bonds is 8. The van der Waals surface area contributed by atoms with Gasteiger partial charge < -0.3 is 20.3 Å². The molecule has 0 aromatic heterocycles. The van der Waals surface area contributed by atoms with Crippen LogP contribution in [0.4, 0.5) is 0 Å². The molecule has 2 rings (SSSR count). The quantitative estimate of drug-likeness (QED) is 0.703. The number of ether oxygens (including phenoxy) is 1. The molecule has 2 atom stereocenters.